The van der Waals surface area contributed by atoms with Crippen LogP contribution >= 0.6 is 11.3 Å². The average molecular weight is 380 g/mol. The van der Waals surface area contributed by atoms with Gasteiger partial charge in [-0.25, -0.2) is 4.98 Å². The average Bonchev–Trinajstić information content (AvgIpc) is 3.11. The van der Waals surface area contributed by atoms with Crippen molar-refractivity contribution in [3.8, 4) is 10.6 Å². The number of benzene rings is 1. The van der Waals surface area contributed by atoms with Crippen LogP contribution in [0.1, 0.15) is 25.5 Å². The predicted octanol–water partition coefficient (Wildman–Crippen LogP) is 4.12. The minimum atomic E-state index is -0.157. The van der Waals surface area contributed by atoms with Crippen molar-refractivity contribution in [1.82, 2.24) is 9.97 Å². The van der Waals surface area contributed by atoms with Gasteiger partial charge in [0.1, 0.15) is 5.01 Å². The van der Waals surface area contributed by atoms with Crippen molar-refractivity contribution in [3.05, 3.63) is 59.9 Å². The Kier molecular flexibility index (Phi) is 6.27. The maximum absolute atomic E-state index is 12.3. The van der Waals surface area contributed by atoms with E-state index in [9.17, 15) is 9.59 Å². The van der Waals surface area contributed by atoms with Gasteiger partial charge in [0, 0.05) is 41.1 Å². The topological polar surface area (TPSA) is 84.0 Å². The summed E-state index contributed by atoms with van der Waals surface area (Å²) in [6.07, 6.45) is 4.91. The van der Waals surface area contributed by atoms with Gasteiger partial charge < -0.3 is 10.6 Å². The molecule has 138 valence electrons. The molecule has 0 saturated carbocycles. The second kappa shape index (κ2) is 9.05. The fraction of sp³-hybridized carbons (Fsp3) is 0.200. The largest absolute Gasteiger partial charge is 0.326 e. The third kappa shape index (κ3) is 5.46. The highest BCUT2D eigenvalue weighted by atomic mass is 32.1. The monoisotopic (exact) mass is 380 g/mol. The van der Waals surface area contributed by atoms with E-state index in [1.54, 1.807) is 36.7 Å². The number of nitrogens with one attached hydrogen (secondary N) is 2. The molecule has 0 aliphatic carbocycles. The highest BCUT2D eigenvalue weighted by molar-refractivity contribution is 7.13. The molecule has 0 fully saturated rings. The predicted molar refractivity (Wildman–Crippen MR) is 108 cm³/mol. The highest BCUT2D eigenvalue weighted by Gasteiger charge is 2.10. The SMILES string of the molecule is CCCC(=O)Nc1cccc(NC(=O)Cc2csc(-c3cccnc3)n2)c1. The Morgan fingerprint density at radius 1 is 1.07 bits per heavy atom. The Hall–Kier alpha value is -3.06. The summed E-state index contributed by atoms with van der Waals surface area (Å²) in [5.41, 5.74) is 2.95. The molecule has 2 N–H and O–H groups in total. The van der Waals surface area contributed by atoms with Crippen LogP contribution in [0.2, 0.25) is 0 Å². The lowest BCUT2D eigenvalue weighted by Gasteiger charge is -2.08. The molecule has 2 heterocycles. The van der Waals surface area contributed by atoms with Crippen molar-refractivity contribution in [2.24, 2.45) is 0 Å². The molecule has 0 saturated heterocycles. The first-order valence-corrected chi connectivity index (χ1v) is 9.56. The van der Waals surface area contributed by atoms with Gasteiger partial charge in [-0.2, -0.15) is 0 Å². The van der Waals surface area contributed by atoms with E-state index in [0.717, 1.165) is 17.0 Å². The van der Waals surface area contributed by atoms with Gasteiger partial charge in [-0.05, 0) is 36.8 Å². The lowest BCUT2D eigenvalue weighted by atomic mass is 10.2. The number of thiazole rings is 1. The van der Waals surface area contributed by atoms with Crippen LogP contribution in [0.15, 0.2) is 54.2 Å². The van der Waals surface area contributed by atoms with Gasteiger partial charge in [-0.3, -0.25) is 14.6 Å². The first kappa shape index (κ1) is 18.7. The van der Waals surface area contributed by atoms with Gasteiger partial charge >= 0.3 is 0 Å². The van der Waals surface area contributed by atoms with Crippen molar-refractivity contribution in [1.29, 1.82) is 0 Å². The van der Waals surface area contributed by atoms with Crippen LogP contribution in [0.4, 0.5) is 11.4 Å². The highest BCUT2D eigenvalue weighted by Crippen LogP contribution is 2.23. The molecule has 0 spiro atoms. The number of nitrogens with zero attached hydrogens (tertiary/aromatic N) is 2. The van der Waals surface area contributed by atoms with E-state index in [2.05, 4.69) is 20.6 Å². The third-order valence-corrected chi connectivity index (χ3v) is 4.65. The van der Waals surface area contributed by atoms with Gasteiger partial charge in [0.15, 0.2) is 0 Å². The van der Waals surface area contributed by atoms with Crippen LogP contribution in [0.25, 0.3) is 10.6 Å². The van der Waals surface area contributed by atoms with Gasteiger partial charge in [-0.1, -0.05) is 13.0 Å². The Morgan fingerprint density at radius 3 is 2.56 bits per heavy atom. The number of hydrogen-bond acceptors (Lipinski definition) is 5. The molecule has 27 heavy (non-hydrogen) atoms. The Bertz CT molecular complexity index is 924. The number of carbonyl (C=O) groups is 2. The van der Waals surface area contributed by atoms with Crippen molar-refractivity contribution < 1.29 is 9.59 Å². The zero-order chi connectivity index (χ0) is 19.1. The lowest BCUT2D eigenvalue weighted by molar-refractivity contribution is -0.116. The number of amides is 2. The second-order valence-electron chi connectivity index (χ2n) is 5.99. The lowest BCUT2D eigenvalue weighted by Crippen LogP contribution is -2.15. The zero-order valence-electron chi connectivity index (χ0n) is 14.9. The van der Waals surface area contributed by atoms with Crippen molar-refractivity contribution in [2.75, 3.05) is 10.6 Å². The minimum Gasteiger partial charge on any atom is -0.326 e. The standard InChI is InChI=1S/C20H20N4O2S/c1-2-5-18(25)22-15-7-3-8-16(10-15)23-19(26)11-17-13-27-20(24-17)14-6-4-9-21-12-14/h3-4,6-10,12-13H,2,5,11H2,1H3,(H,22,25)(H,23,26). The van der Waals surface area contributed by atoms with Crippen LogP contribution in [0.5, 0.6) is 0 Å². The molecule has 2 aromatic heterocycles. The molecular formula is C20H20N4O2S. The number of carbonyl (C=O) groups excluding carboxylic acids is 2. The molecular weight excluding hydrogens is 360 g/mol. The number of hydrogen-bond donors (Lipinski definition) is 2. The summed E-state index contributed by atoms with van der Waals surface area (Å²) >= 11 is 1.49. The van der Waals surface area contributed by atoms with E-state index in [1.165, 1.54) is 11.3 Å². The van der Waals surface area contributed by atoms with Crippen molar-refractivity contribution >= 4 is 34.5 Å². The number of pyridine rings is 1. The summed E-state index contributed by atoms with van der Waals surface area (Å²) in [6, 6.07) is 10.9. The van der Waals surface area contributed by atoms with Crippen LogP contribution < -0.4 is 10.6 Å². The van der Waals surface area contributed by atoms with E-state index in [1.807, 2.05) is 24.4 Å². The van der Waals surface area contributed by atoms with Crippen LogP contribution in [0.3, 0.4) is 0 Å². The summed E-state index contributed by atoms with van der Waals surface area (Å²) in [7, 11) is 0. The van der Waals surface area contributed by atoms with E-state index in [-0.39, 0.29) is 18.2 Å². The molecule has 0 bridgehead atoms. The molecule has 3 aromatic rings. The summed E-state index contributed by atoms with van der Waals surface area (Å²) in [6.45, 7) is 1.95. The van der Waals surface area contributed by atoms with Crippen molar-refractivity contribution in [3.63, 3.8) is 0 Å². The summed E-state index contributed by atoms with van der Waals surface area (Å²) in [5.74, 6) is -0.193. The van der Waals surface area contributed by atoms with Crippen LogP contribution in [0, 0.1) is 0 Å². The minimum absolute atomic E-state index is 0.0358. The zero-order valence-corrected chi connectivity index (χ0v) is 15.8. The molecule has 0 atom stereocenters. The van der Waals surface area contributed by atoms with E-state index < -0.39 is 0 Å². The molecule has 6 nitrogen and oxygen atoms in total. The third-order valence-electron chi connectivity index (χ3n) is 3.71. The molecule has 0 aliphatic rings. The molecule has 3 rings (SSSR count). The maximum atomic E-state index is 12.3. The van der Waals surface area contributed by atoms with E-state index in [4.69, 9.17) is 0 Å². The normalized spacial score (nSPS) is 10.4. The Balaban J connectivity index is 1.60. The van der Waals surface area contributed by atoms with E-state index >= 15 is 0 Å². The molecule has 2 amide bonds. The molecule has 0 radical (unpaired) electrons. The molecule has 7 heteroatoms. The quantitative estimate of drug-likeness (QED) is 0.646. The fourth-order valence-electron chi connectivity index (χ4n) is 2.50. The Labute approximate surface area is 161 Å². The maximum Gasteiger partial charge on any atom is 0.230 e. The summed E-state index contributed by atoms with van der Waals surface area (Å²) < 4.78 is 0. The summed E-state index contributed by atoms with van der Waals surface area (Å²) in [5, 5.41) is 8.39. The van der Waals surface area contributed by atoms with E-state index in [0.29, 0.717) is 23.5 Å². The first-order valence-electron chi connectivity index (χ1n) is 8.68. The number of rotatable bonds is 7. The van der Waals surface area contributed by atoms with Gasteiger partial charge in [0.25, 0.3) is 0 Å². The fourth-order valence-corrected chi connectivity index (χ4v) is 3.32. The number of aromatic nitrogens is 2. The molecule has 1 aromatic carbocycles. The van der Waals surface area contributed by atoms with Gasteiger partial charge in [-0.15, -0.1) is 11.3 Å². The summed E-state index contributed by atoms with van der Waals surface area (Å²) in [4.78, 5) is 32.6. The van der Waals surface area contributed by atoms with Crippen LogP contribution in [-0.4, -0.2) is 21.8 Å². The van der Waals surface area contributed by atoms with Crippen LogP contribution in [-0.2, 0) is 16.0 Å². The Morgan fingerprint density at radius 2 is 1.85 bits per heavy atom. The van der Waals surface area contributed by atoms with Crippen molar-refractivity contribution in [2.45, 2.75) is 26.2 Å². The number of anilines is 2. The van der Waals surface area contributed by atoms with Gasteiger partial charge in [0.2, 0.25) is 11.8 Å². The molecule has 0 aliphatic heterocycles. The smallest absolute Gasteiger partial charge is 0.230 e. The first-order chi connectivity index (χ1) is 13.1. The molecule has 0 unspecified atom stereocenters. The van der Waals surface area contributed by atoms with Gasteiger partial charge in [0.05, 0.1) is 12.1 Å². The second-order valence-corrected chi connectivity index (χ2v) is 6.85.